The molecule has 1 saturated heterocycles. The zero-order valence-corrected chi connectivity index (χ0v) is 15.3. The fraction of sp³-hybridized carbons (Fsp3) is 0.444. The normalized spacial score (nSPS) is 16.4. The first-order valence-corrected chi connectivity index (χ1v) is 8.92. The summed E-state index contributed by atoms with van der Waals surface area (Å²) in [5.41, 5.74) is 0.803. The first-order chi connectivity index (χ1) is 11.5. The number of imide groups is 1. The second kappa shape index (κ2) is 8.24. The fourth-order valence-electron chi connectivity index (χ4n) is 2.33. The van der Waals surface area contributed by atoms with Crippen LogP contribution in [0.5, 0.6) is 11.5 Å². The Labute approximate surface area is 147 Å². The number of hydrogen-bond acceptors (Lipinski definition) is 5. The van der Waals surface area contributed by atoms with Crippen molar-refractivity contribution in [3.8, 4) is 11.5 Å². The second-order valence-electron chi connectivity index (χ2n) is 5.76. The number of benzene rings is 1. The molecule has 130 valence electrons. The molecule has 6 heteroatoms. The van der Waals surface area contributed by atoms with Gasteiger partial charge >= 0.3 is 0 Å². The SMILES string of the molecule is CCOc1ccc(/C=C2/SC(=O)N(CC(C)C)C2=O)cc1OCC. The smallest absolute Gasteiger partial charge is 0.293 e. The number of ether oxygens (including phenoxy) is 2. The third-order valence-corrected chi connectivity index (χ3v) is 4.19. The summed E-state index contributed by atoms with van der Waals surface area (Å²) in [7, 11) is 0. The lowest BCUT2D eigenvalue weighted by Gasteiger charge is -2.14. The molecule has 1 aliphatic rings. The van der Waals surface area contributed by atoms with Crippen molar-refractivity contribution in [2.45, 2.75) is 27.7 Å². The summed E-state index contributed by atoms with van der Waals surface area (Å²) >= 11 is 0.979. The molecular weight excluding hydrogens is 326 g/mol. The van der Waals surface area contributed by atoms with E-state index in [1.165, 1.54) is 4.90 Å². The summed E-state index contributed by atoms with van der Waals surface area (Å²) in [6.07, 6.45) is 1.73. The highest BCUT2D eigenvalue weighted by Gasteiger charge is 2.35. The van der Waals surface area contributed by atoms with Crippen LogP contribution in [0.2, 0.25) is 0 Å². The maximum absolute atomic E-state index is 12.4. The average molecular weight is 349 g/mol. The summed E-state index contributed by atoms with van der Waals surface area (Å²) in [6.45, 7) is 9.28. The molecule has 0 unspecified atom stereocenters. The van der Waals surface area contributed by atoms with Crippen LogP contribution in [0.15, 0.2) is 23.1 Å². The van der Waals surface area contributed by atoms with Gasteiger partial charge < -0.3 is 9.47 Å². The second-order valence-corrected chi connectivity index (χ2v) is 6.75. The Bertz CT molecular complexity index is 654. The van der Waals surface area contributed by atoms with Crippen molar-refractivity contribution in [1.82, 2.24) is 4.90 Å². The van der Waals surface area contributed by atoms with Crippen LogP contribution < -0.4 is 9.47 Å². The maximum atomic E-state index is 12.4. The molecule has 0 aliphatic carbocycles. The molecule has 1 aromatic rings. The lowest BCUT2D eigenvalue weighted by molar-refractivity contribution is -0.123. The van der Waals surface area contributed by atoms with Crippen molar-refractivity contribution >= 4 is 29.0 Å². The minimum absolute atomic E-state index is 0.212. The number of amides is 2. The Morgan fingerprint density at radius 1 is 1.12 bits per heavy atom. The fourth-order valence-corrected chi connectivity index (χ4v) is 3.18. The van der Waals surface area contributed by atoms with Crippen molar-refractivity contribution < 1.29 is 19.1 Å². The van der Waals surface area contributed by atoms with E-state index in [1.54, 1.807) is 6.08 Å². The maximum Gasteiger partial charge on any atom is 0.293 e. The quantitative estimate of drug-likeness (QED) is 0.691. The molecule has 5 nitrogen and oxygen atoms in total. The molecule has 1 heterocycles. The molecule has 0 bridgehead atoms. The van der Waals surface area contributed by atoms with Gasteiger partial charge in [-0.2, -0.15) is 0 Å². The molecule has 2 amide bonds. The first kappa shape index (κ1) is 18.4. The Kier molecular flexibility index (Phi) is 6.31. The van der Waals surface area contributed by atoms with Gasteiger partial charge in [-0.3, -0.25) is 14.5 Å². The van der Waals surface area contributed by atoms with E-state index in [-0.39, 0.29) is 17.1 Å². The van der Waals surface area contributed by atoms with Crippen molar-refractivity contribution in [2.75, 3.05) is 19.8 Å². The molecule has 0 aromatic heterocycles. The highest BCUT2D eigenvalue weighted by atomic mass is 32.2. The first-order valence-electron chi connectivity index (χ1n) is 8.11. The highest BCUT2D eigenvalue weighted by Crippen LogP contribution is 2.35. The van der Waals surface area contributed by atoms with Gasteiger partial charge in [0.25, 0.3) is 11.1 Å². The summed E-state index contributed by atoms with van der Waals surface area (Å²) in [5, 5.41) is -0.212. The van der Waals surface area contributed by atoms with Gasteiger partial charge in [-0.05, 0) is 55.3 Å². The van der Waals surface area contributed by atoms with Gasteiger partial charge in [0.05, 0.1) is 18.1 Å². The zero-order valence-electron chi connectivity index (χ0n) is 14.5. The minimum Gasteiger partial charge on any atom is -0.490 e. The van der Waals surface area contributed by atoms with E-state index in [4.69, 9.17) is 9.47 Å². The molecule has 2 rings (SSSR count). The topological polar surface area (TPSA) is 55.8 Å². The predicted octanol–water partition coefficient (Wildman–Crippen LogP) is 4.18. The third kappa shape index (κ3) is 4.32. The van der Waals surface area contributed by atoms with Crippen molar-refractivity contribution in [3.05, 3.63) is 28.7 Å². The molecular formula is C18H23NO4S. The van der Waals surface area contributed by atoms with Crippen LogP contribution in [0.4, 0.5) is 4.79 Å². The van der Waals surface area contributed by atoms with Crippen molar-refractivity contribution in [2.24, 2.45) is 5.92 Å². The molecule has 24 heavy (non-hydrogen) atoms. The van der Waals surface area contributed by atoms with Crippen LogP contribution in [-0.2, 0) is 4.79 Å². The number of rotatable bonds is 7. The lowest BCUT2D eigenvalue weighted by Crippen LogP contribution is -2.31. The van der Waals surface area contributed by atoms with Crippen LogP contribution in [0.1, 0.15) is 33.3 Å². The Morgan fingerprint density at radius 3 is 2.42 bits per heavy atom. The van der Waals surface area contributed by atoms with Gasteiger partial charge in [0.2, 0.25) is 0 Å². The van der Waals surface area contributed by atoms with Gasteiger partial charge in [0.15, 0.2) is 11.5 Å². The minimum atomic E-state index is -0.231. The van der Waals surface area contributed by atoms with Crippen LogP contribution in [0.25, 0.3) is 6.08 Å². The summed E-state index contributed by atoms with van der Waals surface area (Å²) in [4.78, 5) is 26.1. The van der Waals surface area contributed by atoms with Gasteiger partial charge in [-0.25, -0.2) is 0 Å². The Morgan fingerprint density at radius 2 is 1.79 bits per heavy atom. The van der Waals surface area contributed by atoms with Crippen LogP contribution in [0.3, 0.4) is 0 Å². The number of nitrogens with zero attached hydrogens (tertiary/aromatic N) is 1. The number of carbonyl (C=O) groups excluding carboxylic acids is 2. The lowest BCUT2D eigenvalue weighted by atomic mass is 10.1. The number of hydrogen-bond donors (Lipinski definition) is 0. The third-order valence-electron chi connectivity index (χ3n) is 3.29. The van der Waals surface area contributed by atoms with Gasteiger partial charge in [0.1, 0.15) is 0 Å². The van der Waals surface area contributed by atoms with E-state index in [9.17, 15) is 9.59 Å². The van der Waals surface area contributed by atoms with Gasteiger partial charge in [0, 0.05) is 6.54 Å². The average Bonchev–Trinajstić information content (AvgIpc) is 2.77. The summed E-state index contributed by atoms with van der Waals surface area (Å²) < 4.78 is 11.1. The number of carbonyl (C=O) groups is 2. The van der Waals surface area contributed by atoms with Crippen molar-refractivity contribution in [3.63, 3.8) is 0 Å². The molecule has 0 radical (unpaired) electrons. The molecule has 0 atom stereocenters. The number of thioether (sulfide) groups is 1. The molecule has 1 fully saturated rings. The summed E-state index contributed by atoms with van der Waals surface area (Å²) in [6, 6.07) is 5.49. The van der Waals surface area contributed by atoms with Crippen LogP contribution in [0, 0.1) is 5.92 Å². The molecule has 0 spiro atoms. The van der Waals surface area contributed by atoms with E-state index in [0.29, 0.717) is 36.2 Å². The van der Waals surface area contributed by atoms with E-state index in [0.717, 1.165) is 17.3 Å². The molecule has 1 aliphatic heterocycles. The van der Waals surface area contributed by atoms with Gasteiger partial charge in [-0.1, -0.05) is 19.9 Å². The van der Waals surface area contributed by atoms with Gasteiger partial charge in [-0.15, -0.1) is 0 Å². The van der Waals surface area contributed by atoms with E-state index in [1.807, 2.05) is 45.9 Å². The van der Waals surface area contributed by atoms with Crippen molar-refractivity contribution in [1.29, 1.82) is 0 Å². The van der Waals surface area contributed by atoms with E-state index in [2.05, 4.69) is 0 Å². The largest absolute Gasteiger partial charge is 0.490 e. The standard InChI is InChI=1S/C18H23NO4S/c1-5-22-14-8-7-13(9-15(14)23-6-2)10-16-17(20)19(11-12(3)4)18(21)24-16/h7-10,12H,5-6,11H2,1-4H3/b16-10+. The van der Waals surface area contributed by atoms with E-state index >= 15 is 0 Å². The predicted molar refractivity (Wildman–Crippen MR) is 96.3 cm³/mol. The Balaban J connectivity index is 2.26. The van der Waals surface area contributed by atoms with E-state index < -0.39 is 0 Å². The monoisotopic (exact) mass is 349 g/mol. The highest BCUT2D eigenvalue weighted by molar-refractivity contribution is 8.18. The molecule has 0 N–H and O–H groups in total. The Hall–Kier alpha value is -1.95. The molecule has 1 aromatic carbocycles. The summed E-state index contributed by atoms with van der Waals surface area (Å²) in [5.74, 6) is 1.32. The van der Waals surface area contributed by atoms with Crippen LogP contribution >= 0.6 is 11.8 Å². The van der Waals surface area contributed by atoms with Crippen LogP contribution in [-0.4, -0.2) is 35.8 Å². The zero-order chi connectivity index (χ0) is 17.7. The molecule has 0 saturated carbocycles.